The first kappa shape index (κ1) is 23.6. The lowest BCUT2D eigenvalue weighted by Gasteiger charge is -2.18. The molecule has 0 radical (unpaired) electrons. The fourth-order valence-corrected chi connectivity index (χ4v) is 3.14. The summed E-state index contributed by atoms with van der Waals surface area (Å²) in [5.41, 5.74) is 5.38. The van der Waals surface area contributed by atoms with Gasteiger partial charge in [0.15, 0.2) is 11.2 Å². The van der Waals surface area contributed by atoms with Crippen LogP contribution in [0.1, 0.15) is 0 Å². The van der Waals surface area contributed by atoms with Crippen molar-refractivity contribution in [1.82, 2.24) is 19.5 Å². The molecule has 2 aromatic heterocycles. The van der Waals surface area contributed by atoms with Crippen LogP contribution in [0.2, 0.25) is 0 Å². The lowest BCUT2D eigenvalue weighted by atomic mass is 10.2. The second kappa shape index (κ2) is 9.92. The molecule has 0 bridgehead atoms. The van der Waals surface area contributed by atoms with Gasteiger partial charge in [-0.1, -0.05) is 0 Å². The highest BCUT2D eigenvalue weighted by molar-refractivity contribution is 7.52. The number of rotatable bonds is 12. The summed E-state index contributed by atoms with van der Waals surface area (Å²) in [4.78, 5) is 57.7. The smallest absolute Gasteiger partial charge is 0.327 e. The molecule has 0 amide bonds. The second-order valence-electron chi connectivity index (χ2n) is 6.31. The summed E-state index contributed by atoms with van der Waals surface area (Å²) < 4.78 is 34.0. The molecule has 2 rings (SSSR count). The maximum Gasteiger partial charge on any atom is 0.327 e. The van der Waals surface area contributed by atoms with Crippen molar-refractivity contribution in [3.63, 3.8) is 0 Å². The molecule has 14 nitrogen and oxygen atoms in total. The van der Waals surface area contributed by atoms with E-state index in [9.17, 15) is 13.9 Å². The number of nitrogen functional groups attached to an aromatic ring is 1. The number of aromatic amines is 1. The highest BCUT2D eigenvalue weighted by atomic mass is 31.2. The first-order chi connectivity index (χ1) is 13.4. The second-order valence-corrected chi connectivity index (χ2v) is 9.87. The molecule has 0 unspecified atom stereocenters. The standard InChI is InChI=1S/C13H23N5O9P2/c14-13-16-11-10(12(19)17-13)15-8-18(11)5-9(6-26-1-3-28(20,21)22)7-27-2-4-29(23,24)25/h8-9H,1-7H2,(H2,20,21,22)(H2,23,24,25)(H3,14,16,17,19). The van der Waals surface area contributed by atoms with Gasteiger partial charge in [0.25, 0.3) is 5.56 Å². The lowest BCUT2D eigenvalue weighted by Crippen LogP contribution is -2.24. The Kier molecular flexibility index (Phi) is 8.09. The van der Waals surface area contributed by atoms with Crippen LogP contribution < -0.4 is 11.3 Å². The third kappa shape index (κ3) is 8.33. The number of ether oxygens (including phenoxy) is 2. The minimum Gasteiger partial charge on any atom is -0.380 e. The van der Waals surface area contributed by atoms with E-state index in [1.165, 1.54) is 6.33 Å². The van der Waals surface area contributed by atoms with Gasteiger partial charge < -0.3 is 39.3 Å². The molecule has 2 aromatic rings. The van der Waals surface area contributed by atoms with Crippen LogP contribution in [-0.4, -0.2) is 77.8 Å². The van der Waals surface area contributed by atoms with E-state index in [0.29, 0.717) is 0 Å². The van der Waals surface area contributed by atoms with E-state index < -0.39 is 33.1 Å². The molecule has 0 aromatic carbocycles. The van der Waals surface area contributed by atoms with E-state index in [0.717, 1.165) is 0 Å². The molecule has 29 heavy (non-hydrogen) atoms. The fourth-order valence-electron chi connectivity index (χ4n) is 2.40. The number of aromatic nitrogens is 4. The summed E-state index contributed by atoms with van der Waals surface area (Å²) in [5, 5.41) is 0. The van der Waals surface area contributed by atoms with Crippen LogP contribution in [0.3, 0.4) is 0 Å². The molecule has 0 saturated heterocycles. The van der Waals surface area contributed by atoms with Gasteiger partial charge in [0, 0.05) is 12.5 Å². The van der Waals surface area contributed by atoms with Gasteiger partial charge in [-0.05, 0) is 0 Å². The van der Waals surface area contributed by atoms with Crippen LogP contribution in [0, 0.1) is 5.92 Å². The van der Waals surface area contributed by atoms with Crippen LogP contribution in [0.15, 0.2) is 11.1 Å². The van der Waals surface area contributed by atoms with Gasteiger partial charge in [-0.25, -0.2) is 4.98 Å². The van der Waals surface area contributed by atoms with Gasteiger partial charge in [0.1, 0.15) is 0 Å². The van der Waals surface area contributed by atoms with Crippen molar-refractivity contribution in [1.29, 1.82) is 0 Å². The van der Waals surface area contributed by atoms with E-state index in [1.807, 2.05) is 0 Å². The zero-order chi connectivity index (χ0) is 21.7. The van der Waals surface area contributed by atoms with Crippen molar-refractivity contribution in [3.05, 3.63) is 16.7 Å². The van der Waals surface area contributed by atoms with Crippen LogP contribution in [-0.2, 0) is 25.1 Å². The Balaban J connectivity index is 2.04. The Labute approximate surface area is 164 Å². The van der Waals surface area contributed by atoms with Crippen LogP contribution in [0.4, 0.5) is 5.95 Å². The van der Waals surface area contributed by atoms with E-state index in [4.69, 9.17) is 34.8 Å². The van der Waals surface area contributed by atoms with Crippen LogP contribution in [0.5, 0.6) is 0 Å². The number of hydrogen-bond donors (Lipinski definition) is 6. The molecule has 164 valence electrons. The van der Waals surface area contributed by atoms with Crippen LogP contribution in [0.25, 0.3) is 11.2 Å². The maximum absolute atomic E-state index is 11.9. The molecule has 0 aliphatic carbocycles. The first-order valence-corrected chi connectivity index (χ1v) is 12.0. The largest absolute Gasteiger partial charge is 0.380 e. The van der Waals surface area contributed by atoms with Crippen molar-refractivity contribution in [2.24, 2.45) is 5.92 Å². The monoisotopic (exact) mass is 455 g/mol. The molecule has 7 N–H and O–H groups in total. The number of fused-ring (bicyclic) bond motifs is 1. The number of H-pyrrole nitrogens is 1. The quantitative estimate of drug-likeness (QED) is 0.162. The Bertz CT molecular complexity index is 935. The summed E-state index contributed by atoms with van der Waals surface area (Å²) in [6.07, 6.45) is 0.491. The predicted octanol–water partition coefficient (Wildman–Crippen LogP) is -1.29. The van der Waals surface area contributed by atoms with E-state index >= 15 is 0 Å². The average Bonchev–Trinajstić information content (AvgIpc) is 2.96. The summed E-state index contributed by atoms with van der Waals surface area (Å²) in [7, 11) is -8.38. The number of anilines is 1. The molecule has 16 heteroatoms. The Morgan fingerprint density at radius 3 is 2.17 bits per heavy atom. The molecule has 2 heterocycles. The zero-order valence-electron chi connectivity index (χ0n) is 15.2. The minimum atomic E-state index is -4.19. The molecule has 0 fully saturated rings. The third-order valence-electron chi connectivity index (χ3n) is 3.71. The minimum absolute atomic E-state index is 0.0360. The molecule has 0 aliphatic rings. The summed E-state index contributed by atoms with van der Waals surface area (Å²) in [5.74, 6) is -0.472. The Hall–Kier alpha value is -1.63. The Morgan fingerprint density at radius 1 is 1.10 bits per heavy atom. The van der Waals surface area contributed by atoms with Gasteiger partial charge in [-0.15, -0.1) is 0 Å². The molecular formula is C13H23N5O9P2. The van der Waals surface area contributed by atoms with Crippen molar-refractivity contribution >= 4 is 32.3 Å². The van der Waals surface area contributed by atoms with Crippen molar-refractivity contribution < 1.29 is 38.2 Å². The number of nitrogens with zero attached hydrogens (tertiary/aromatic N) is 3. The van der Waals surface area contributed by atoms with Crippen molar-refractivity contribution in [2.45, 2.75) is 6.54 Å². The van der Waals surface area contributed by atoms with Crippen LogP contribution >= 0.6 is 15.2 Å². The molecular weight excluding hydrogens is 432 g/mol. The highest BCUT2D eigenvalue weighted by Crippen LogP contribution is 2.34. The Morgan fingerprint density at radius 2 is 1.66 bits per heavy atom. The number of imidazole rings is 1. The number of nitrogens with two attached hydrogens (primary N) is 1. The zero-order valence-corrected chi connectivity index (χ0v) is 17.0. The SMILES string of the molecule is Nc1nc2c(ncn2CC(COCCP(=O)(O)O)COCCP(=O)(O)O)c(=O)[nH]1. The fraction of sp³-hybridized carbons (Fsp3) is 0.615. The molecule has 0 spiro atoms. The molecule has 0 aliphatic heterocycles. The van der Waals surface area contributed by atoms with Gasteiger partial charge in [0.05, 0.1) is 45.1 Å². The number of nitrogens with one attached hydrogen (secondary N) is 1. The summed E-state index contributed by atoms with van der Waals surface area (Å²) >= 11 is 0. The summed E-state index contributed by atoms with van der Waals surface area (Å²) in [6.45, 7) is -0.0850. The van der Waals surface area contributed by atoms with Crippen molar-refractivity contribution in [3.8, 4) is 0 Å². The van der Waals surface area contributed by atoms with Gasteiger partial charge in [-0.3, -0.25) is 18.9 Å². The van der Waals surface area contributed by atoms with Gasteiger partial charge >= 0.3 is 15.2 Å². The molecule has 0 saturated carbocycles. The normalized spacial score (nSPS) is 12.9. The first-order valence-electron chi connectivity index (χ1n) is 8.40. The topological polar surface area (TPSA) is 223 Å². The predicted molar refractivity (Wildman–Crippen MR) is 102 cm³/mol. The lowest BCUT2D eigenvalue weighted by molar-refractivity contribution is 0.0412. The van der Waals surface area contributed by atoms with E-state index in [1.54, 1.807) is 4.57 Å². The van der Waals surface area contributed by atoms with E-state index in [2.05, 4.69) is 15.0 Å². The van der Waals surface area contributed by atoms with Gasteiger partial charge in [0.2, 0.25) is 5.95 Å². The third-order valence-corrected chi connectivity index (χ3v) is 5.24. The molecule has 0 atom stereocenters. The van der Waals surface area contributed by atoms with Gasteiger partial charge in [-0.2, -0.15) is 4.98 Å². The summed E-state index contributed by atoms with van der Waals surface area (Å²) in [6, 6.07) is 0. The van der Waals surface area contributed by atoms with E-state index in [-0.39, 0.29) is 56.0 Å². The van der Waals surface area contributed by atoms with Crippen molar-refractivity contribution in [2.75, 3.05) is 44.5 Å². The maximum atomic E-state index is 11.9. The number of hydrogen-bond acceptors (Lipinski definition) is 8. The highest BCUT2D eigenvalue weighted by Gasteiger charge is 2.18. The average molecular weight is 455 g/mol.